The fourth-order valence-electron chi connectivity index (χ4n) is 5.56. The molecule has 6 rings (SSSR count). The molecule has 4 aromatic rings. The van der Waals surface area contributed by atoms with E-state index in [1.807, 2.05) is 13.8 Å². The van der Waals surface area contributed by atoms with E-state index in [0.29, 0.717) is 23.0 Å². The number of benzene rings is 2. The lowest BCUT2D eigenvalue weighted by Gasteiger charge is -2.33. The molecule has 0 saturated carbocycles. The first kappa shape index (κ1) is 29.5. The lowest BCUT2D eigenvalue weighted by Crippen LogP contribution is -2.50. The number of rotatable bonds is 8. The van der Waals surface area contributed by atoms with E-state index in [9.17, 15) is 8.42 Å². The Bertz CT molecular complexity index is 1860. The average molecular weight is 629 g/mol. The van der Waals surface area contributed by atoms with E-state index in [4.69, 9.17) is 27.2 Å². The van der Waals surface area contributed by atoms with Crippen molar-refractivity contribution in [3.63, 3.8) is 0 Å². The number of nitrogens with zero attached hydrogens (tertiary/aromatic N) is 3. The van der Waals surface area contributed by atoms with Crippen LogP contribution in [0.5, 0.6) is 0 Å². The van der Waals surface area contributed by atoms with Crippen LogP contribution in [0.2, 0.25) is 5.02 Å². The normalized spacial score (nSPS) is 17.7. The van der Waals surface area contributed by atoms with Gasteiger partial charge in [0.25, 0.3) is 10.0 Å². The summed E-state index contributed by atoms with van der Waals surface area (Å²) in [6.45, 7) is 5.35. The monoisotopic (exact) mass is 628 g/mol. The molecular formula is C30H31ClF2N6O3S. The second-order valence-electron chi connectivity index (χ2n) is 11.1. The van der Waals surface area contributed by atoms with Gasteiger partial charge in [-0.2, -0.15) is 5.10 Å². The number of hydrogen-bond acceptors (Lipinski definition) is 7. The Labute approximate surface area is 253 Å². The van der Waals surface area contributed by atoms with Gasteiger partial charge in [0.15, 0.2) is 0 Å². The number of allylic oxidation sites excluding steroid dienone is 1. The molecule has 1 aliphatic heterocycles. The Balaban J connectivity index is 1.39. The second kappa shape index (κ2) is 11.5. The number of fused-ring (bicyclic) bond motifs is 1. The number of nitrogen functional groups attached to an aromatic ring is 1. The predicted molar refractivity (Wildman–Crippen MR) is 163 cm³/mol. The first-order valence-corrected chi connectivity index (χ1v) is 15.9. The lowest BCUT2D eigenvalue weighted by atomic mass is 9.89. The fraction of sp³-hybridized carbons (Fsp3) is 0.333. The summed E-state index contributed by atoms with van der Waals surface area (Å²) in [6, 6.07) is 8.02. The molecule has 0 unspecified atom stereocenters. The van der Waals surface area contributed by atoms with Gasteiger partial charge in [-0.15, -0.1) is 0 Å². The zero-order valence-corrected chi connectivity index (χ0v) is 25.1. The van der Waals surface area contributed by atoms with Crippen molar-refractivity contribution >= 4 is 49.6 Å². The van der Waals surface area contributed by atoms with Crippen molar-refractivity contribution in [1.82, 2.24) is 20.1 Å². The molecule has 1 saturated heterocycles. The van der Waals surface area contributed by atoms with Crippen LogP contribution in [0, 0.1) is 11.6 Å². The summed E-state index contributed by atoms with van der Waals surface area (Å²) in [5, 5.41) is 8.67. The molecule has 0 bridgehead atoms. The molecule has 2 aromatic heterocycles. The van der Waals surface area contributed by atoms with Gasteiger partial charge < -0.3 is 15.8 Å². The van der Waals surface area contributed by atoms with Crippen molar-refractivity contribution in [1.29, 1.82) is 0 Å². The van der Waals surface area contributed by atoms with Gasteiger partial charge in [0.1, 0.15) is 28.0 Å². The van der Waals surface area contributed by atoms with Gasteiger partial charge in [-0.3, -0.25) is 9.40 Å². The number of hydrogen-bond donors (Lipinski definition) is 3. The minimum absolute atomic E-state index is 0.0511. The summed E-state index contributed by atoms with van der Waals surface area (Å²) in [5.41, 5.74) is 8.36. The molecule has 0 amide bonds. The number of pyridine rings is 1. The first-order chi connectivity index (χ1) is 20.5. The van der Waals surface area contributed by atoms with Gasteiger partial charge in [0, 0.05) is 35.5 Å². The van der Waals surface area contributed by atoms with Gasteiger partial charge in [-0.1, -0.05) is 29.8 Å². The molecule has 4 N–H and O–H groups in total. The van der Waals surface area contributed by atoms with Crippen LogP contribution in [0.3, 0.4) is 0 Å². The van der Waals surface area contributed by atoms with Crippen molar-refractivity contribution in [2.75, 3.05) is 23.7 Å². The summed E-state index contributed by atoms with van der Waals surface area (Å²) in [6.07, 6.45) is 6.47. The quantitative estimate of drug-likeness (QED) is 0.221. The molecule has 13 heteroatoms. The maximum absolute atomic E-state index is 15.7. The predicted octanol–water partition coefficient (Wildman–Crippen LogP) is 5.92. The Kier molecular flexibility index (Phi) is 7.88. The van der Waals surface area contributed by atoms with Crippen molar-refractivity contribution in [2.45, 2.75) is 56.1 Å². The molecule has 9 nitrogen and oxygen atoms in total. The van der Waals surface area contributed by atoms with E-state index in [2.05, 4.69) is 21.1 Å². The van der Waals surface area contributed by atoms with Crippen LogP contribution in [-0.4, -0.2) is 48.5 Å². The smallest absolute Gasteiger partial charge is 0.263 e. The number of anilines is 2. The summed E-state index contributed by atoms with van der Waals surface area (Å²) in [7, 11) is -4.29. The number of halogens is 3. The van der Waals surface area contributed by atoms with Crippen molar-refractivity contribution in [2.24, 2.45) is 0 Å². The van der Waals surface area contributed by atoms with Crippen LogP contribution in [0.25, 0.3) is 27.7 Å². The minimum atomic E-state index is -4.29. The largest absolute Gasteiger partial charge is 0.383 e. The third-order valence-electron chi connectivity index (χ3n) is 7.79. The van der Waals surface area contributed by atoms with Crippen LogP contribution in [0.1, 0.15) is 44.7 Å². The zero-order chi connectivity index (χ0) is 30.5. The number of nitrogens with two attached hydrogens (primary N) is 1. The Hall–Kier alpha value is -3.58. The van der Waals surface area contributed by atoms with E-state index in [1.54, 1.807) is 16.9 Å². The van der Waals surface area contributed by atoms with Crippen LogP contribution >= 0.6 is 11.6 Å². The van der Waals surface area contributed by atoms with E-state index in [-0.39, 0.29) is 33.0 Å². The van der Waals surface area contributed by atoms with Crippen molar-refractivity contribution < 1.29 is 21.9 Å². The lowest BCUT2D eigenvalue weighted by molar-refractivity contribution is -0.0103. The van der Waals surface area contributed by atoms with Gasteiger partial charge in [-0.05, 0) is 56.9 Å². The standard InChI is InChI=1S/C30H31ClF2N6O3S/c1-16(2)39-29-21(17-7-9-18(10-8-17)36-19-14-42-15-19)13-35-30(34)27(29)28(37-39)20-11-24(33)25(12-23(20)32)38-43(40,41)26-6-4-3-5-22(26)31/h3-7,11-13,16,18-19,36,38H,8-10,14-15H2,1-2H3,(H2,34,35)/t18-/m1/s1. The van der Waals surface area contributed by atoms with Gasteiger partial charge in [-0.25, -0.2) is 22.2 Å². The average Bonchev–Trinajstić information content (AvgIpc) is 3.35. The second-order valence-corrected chi connectivity index (χ2v) is 13.2. The van der Waals surface area contributed by atoms with Gasteiger partial charge in [0.05, 0.1) is 40.9 Å². The molecule has 43 heavy (non-hydrogen) atoms. The van der Waals surface area contributed by atoms with E-state index >= 15 is 8.78 Å². The van der Waals surface area contributed by atoms with Gasteiger partial charge >= 0.3 is 0 Å². The van der Waals surface area contributed by atoms with E-state index < -0.39 is 27.3 Å². The van der Waals surface area contributed by atoms with Crippen LogP contribution in [-0.2, 0) is 14.8 Å². The Morgan fingerprint density at radius 1 is 1.12 bits per heavy atom. The van der Waals surface area contributed by atoms with Crippen LogP contribution < -0.4 is 15.8 Å². The number of nitrogens with one attached hydrogen (secondary N) is 2. The zero-order valence-electron chi connectivity index (χ0n) is 23.6. The number of sulfonamides is 1. The minimum Gasteiger partial charge on any atom is -0.383 e. The highest BCUT2D eigenvalue weighted by atomic mass is 35.5. The SMILES string of the molecule is CC(C)n1nc(-c2cc(F)c(NS(=O)(=O)c3ccccc3Cl)cc2F)c2c(N)ncc(C3=CC[C@@H](NC4COC4)CC3)c21. The fourth-order valence-corrected chi connectivity index (χ4v) is 7.14. The van der Waals surface area contributed by atoms with Crippen LogP contribution in [0.15, 0.2) is 53.6 Å². The molecule has 2 aromatic carbocycles. The maximum atomic E-state index is 15.7. The number of aromatic nitrogens is 3. The van der Waals surface area contributed by atoms with E-state index in [0.717, 1.165) is 55.7 Å². The van der Waals surface area contributed by atoms with Crippen LogP contribution in [0.4, 0.5) is 20.3 Å². The van der Waals surface area contributed by atoms with Gasteiger partial charge in [0.2, 0.25) is 0 Å². The van der Waals surface area contributed by atoms with Crippen molar-refractivity contribution in [3.8, 4) is 11.3 Å². The highest BCUT2D eigenvalue weighted by Crippen LogP contribution is 2.41. The third kappa shape index (κ3) is 5.60. The number of ether oxygens (including phenoxy) is 1. The molecule has 0 radical (unpaired) electrons. The topological polar surface area (TPSA) is 124 Å². The molecular weight excluding hydrogens is 598 g/mol. The summed E-state index contributed by atoms with van der Waals surface area (Å²) < 4.78 is 66.0. The Morgan fingerprint density at radius 3 is 2.53 bits per heavy atom. The summed E-state index contributed by atoms with van der Waals surface area (Å²) in [4.78, 5) is 4.16. The first-order valence-electron chi connectivity index (χ1n) is 14.0. The molecule has 226 valence electrons. The highest BCUT2D eigenvalue weighted by molar-refractivity contribution is 7.92. The van der Waals surface area contributed by atoms with Crippen molar-refractivity contribution in [3.05, 3.63) is 70.9 Å². The molecule has 1 atom stereocenters. The molecule has 3 heterocycles. The summed E-state index contributed by atoms with van der Waals surface area (Å²) >= 11 is 6.03. The molecule has 1 aliphatic carbocycles. The Morgan fingerprint density at radius 2 is 1.88 bits per heavy atom. The molecule has 0 spiro atoms. The third-order valence-corrected chi connectivity index (χ3v) is 9.66. The van der Waals surface area contributed by atoms with E-state index in [1.165, 1.54) is 18.2 Å². The molecule has 1 fully saturated rings. The maximum Gasteiger partial charge on any atom is 0.263 e. The summed E-state index contributed by atoms with van der Waals surface area (Å²) in [5.74, 6) is -1.75. The molecule has 2 aliphatic rings. The highest BCUT2D eigenvalue weighted by Gasteiger charge is 2.28.